The maximum atomic E-state index is 13.9. The Hall–Kier alpha value is -0.890. The van der Waals surface area contributed by atoms with E-state index >= 15 is 0 Å². The first-order chi connectivity index (χ1) is 9.38. The lowest BCUT2D eigenvalue weighted by Gasteiger charge is -2.11. The van der Waals surface area contributed by atoms with Crippen LogP contribution in [0.4, 0.5) is 4.39 Å². The van der Waals surface area contributed by atoms with E-state index in [4.69, 9.17) is 5.73 Å². The number of guanidine groups is 1. The molecule has 0 amide bonds. The minimum absolute atomic E-state index is 0. The van der Waals surface area contributed by atoms with E-state index in [2.05, 4.69) is 24.2 Å². The highest BCUT2D eigenvalue weighted by molar-refractivity contribution is 14.0. The number of benzene rings is 1. The number of aliphatic imine (C=N–C) groups is 1. The number of rotatable bonds is 6. The van der Waals surface area contributed by atoms with Gasteiger partial charge in [0.05, 0.1) is 6.54 Å². The van der Waals surface area contributed by atoms with Crippen molar-refractivity contribution in [2.75, 3.05) is 20.6 Å². The molecule has 0 radical (unpaired) electrons. The minimum atomic E-state index is -0.194. The van der Waals surface area contributed by atoms with Crippen molar-refractivity contribution < 1.29 is 4.39 Å². The van der Waals surface area contributed by atoms with E-state index in [1.165, 1.54) is 6.07 Å². The van der Waals surface area contributed by atoms with Crippen LogP contribution < -0.4 is 11.1 Å². The molecule has 1 aromatic carbocycles. The molecule has 0 spiro atoms. The lowest BCUT2D eigenvalue weighted by molar-refractivity contribution is 0.392. The molecule has 4 nitrogen and oxygen atoms in total. The fourth-order valence-electron chi connectivity index (χ4n) is 1.70. The van der Waals surface area contributed by atoms with Gasteiger partial charge in [-0.05, 0) is 31.6 Å². The van der Waals surface area contributed by atoms with Crippen molar-refractivity contribution in [3.05, 3.63) is 35.1 Å². The molecule has 0 aromatic heterocycles. The Morgan fingerprint density at radius 1 is 1.38 bits per heavy atom. The Balaban J connectivity index is 0.00000400. The molecule has 0 unspecified atom stereocenters. The predicted octanol–water partition coefficient (Wildman–Crippen LogP) is 2.57. The Kier molecular flexibility index (Phi) is 9.52. The van der Waals surface area contributed by atoms with Crippen LogP contribution in [0.5, 0.6) is 0 Å². The Morgan fingerprint density at radius 3 is 2.57 bits per heavy atom. The van der Waals surface area contributed by atoms with E-state index in [1.54, 1.807) is 6.07 Å². The molecule has 0 saturated carbocycles. The van der Waals surface area contributed by atoms with Crippen LogP contribution in [0.3, 0.4) is 0 Å². The highest BCUT2D eigenvalue weighted by Crippen LogP contribution is 2.12. The first-order valence-electron chi connectivity index (χ1n) is 6.84. The SMILES string of the molecule is CC(C)CNC(N)=NCc1ccc(CN(C)C)c(F)c1.I. The normalized spacial score (nSPS) is 11.7. The number of hydrogen-bond acceptors (Lipinski definition) is 2. The van der Waals surface area contributed by atoms with E-state index < -0.39 is 0 Å². The molecule has 120 valence electrons. The van der Waals surface area contributed by atoms with Crippen LogP contribution in [0.25, 0.3) is 0 Å². The van der Waals surface area contributed by atoms with Crippen LogP contribution in [0.15, 0.2) is 23.2 Å². The highest BCUT2D eigenvalue weighted by atomic mass is 127. The molecule has 0 fully saturated rings. The van der Waals surface area contributed by atoms with Crippen molar-refractivity contribution in [1.82, 2.24) is 10.2 Å². The molecule has 0 atom stereocenters. The fraction of sp³-hybridized carbons (Fsp3) is 0.533. The van der Waals surface area contributed by atoms with Crippen molar-refractivity contribution >= 4 is 29.9 Å². The van der Waals surface area contributed by atoms with Gasteiger partial charge >= 0.3 is 0 Å². The van der Waals surface area contributed by atoms with E-state index in [9.17, 15) is 4.39 Å². The van der Waals surface area contributed by atoms with Gasteiger partial charge in [-0.3, -0.25) is 0 Å². The van der Waals surface area contributed by atoms with Gasteiger partial charge in [0.15, 0.2) is 5.96 Å². The zero-order valence-corrected chi connectivity index (χ0v) is 15.5. The smallest absolute Gasteiger partial charge is 0.188 e. The van der Waals surface area contributed by atoms with Crippen molar-refractivity contribution in [2.45, 2.75) is 26.9 Å². The Bertz CT molecular complexity index is 461. The molecular weight excluding hydrogens is 382 g/mol. The maximum absolute atomic E-state index is 13.9. The zero-order valence-electron chi connectivity index (χ0n) is 13.2. The van der Waals surface area contributed by atoms with Crippen LogP contribution >= 0.6 is 24.0 Å². The third kappa shape index (κ3) is 8.21. The van der Waals surface area contributed by atoms with Crippen molar-refractivity contribution in [3.8, 4) is 0 Å². The standard InChI is InChI=1S/C15H25FN4.HI/c1-11(2)8-18-15(17)19-9-12-5-6-13(10-20(3)4)14(16)7-12;/h5-7,11H,8-10H2,1-4H3,(H3,17,18,19);1H. The molecule has 0 aliphatic rings. The summed E-state index contributed by atoms with van der Waals surface area (Å²) in [5, 5.41) is 3.03. The van der Waals surface area contributed by atoms with Gasteiger partial charge in [-0.25, -0.2) is 9.38 Å². The number of nitrogens with two attached hydrogens (primary N) is 1. The summed E-state index contributed by atoms with van der Waals surface area (Å²) in [6.45, 7) is 5.95. The molecule has 1 aromatic rings. The van der Waals surface area contributed by atoms with E-state index in [0.717, 1.165) is 12.1 Å². The summed E-state index contributed by atoms with van der Waals surface area (Å²) in [7, 11) is 3.83. The average Bonchev–Trinajstić information content (AvgIpc) is 2.36. The molecule has 0 heterocycles. The highest BCUT2D eigenvalue weighted by Gasteiger charge is 2.04. The van der Waals surface area contributed by atoms with Crippen molar-refractivity contribution in [2.24, 2.45) is 16.6 Å². The third-order valence-electron chi connectivity index (χ3n) is 2.73. The maximum Gasteiger partial charge on any atom is 0.188 e. The molecule has 0 bridgehead atoms. The lowest BCUT2D eigenvalue weighted by atomic mass is 10.1. The van der Waals surface area contributed by atoms with Gasteiger partial charge in [0.25, 0.3) is 0 Å². The van der Waals surface area contributed by atoms with Crippen LogP contribution in [-0.2, 0) is 13.1 Å². The summed E-state index contributed by atoms with van der Waals surface area (Å²) in [4.78, 5) is 6.14. The summed E-state index contributed by atoms with van der Waals surface area (Å²) >= 11 is 0. The topological polar surface area (TPSA) is 53.6 Å². The summed E-state index contributed by atoms with van der Waals surface area (Å²) in [5.74, 6) is 0.711. The second-order valence-corrected chi connectivity index (χ2v) is 5.64. The number of nitrogens with one attached hydrogen (secondary N) is 1. The van der Waals surface area contributed by atoms with Crippen molar-refractivity contribution in [1.29, 1.82) is 0 Å². The number of nitrogens with zero attached hydrogens (tertiary/aromatic N) is 2. The van der Waals surface area contributed by atoms with E-state index in [-0.39, 0.29) is 29.8 Å². The summed E-state index contributed by atoms with van der Waals surface area (Å²) in [6.07, 6.45) is 0. The molecule has 0 aliphatic carbocycles. The van der Waals surface area contributed by atoms with Gasteiger partial charge in [-0.2, -0.15) is 0 Å². The molecule has 1 rings (SSSR count). The molecule has 6 heteroatoms. The Morgan fingerprint density at radius 2 is 2.05 bits per heavy atom. The lowest BCUT2D eigenvalue weighted by Crippen LogP contribution is -2.34. The second-order valence-electron chi connectivity index (χ2n) is 5.64. The number of halogens is 2. The minimum Gasteiger partial charge on any atom is -0.370 e. The monoisotopic (exact) mass is 408 g/mol. The number of hydrogen-bond donors (Lipinski definition) is 2. The largest absolute Gasteiger partial charge is 0.370 e. The van der Waals surface area contributed by atoms with Gasteiger partial charge in [0.1, 0.15) is 5.82 Å². The van der Waals surface area contributed by atoms with Gasteiger partial charge in [-0.1, -0.05) is 26.0 Å². The summed E-state index contributed by atoms with van der Waals surface area (Å²) in [6, 6.07) is 5.22. The summed E-state index contributed by atoms with van der Waals surface area (Å²) in [5.41, 5.74) is 7.25. The van der Waals surface area contributed by atoms with Gasteiger partial charge in [-0.15, -0.1) is 24.0 Å². The van der Waals surface area contributed by atoms with Crippen LogP contribution in [0.2, 0.25) is 0 Å². The van der Waals surface area contributed by atoms with Gasteiger partial charge in [0, 0.05) is 18.7 Å². The average molecular weight is 408 g/mol. The van der Waals surface area contributed by atoms with Gasteiger partial charge in [0.2, 0.25) is 0 Å². The first-order valence-corrected chi connectivity index (χ1v) is 6.84. The Labute approximate surface area is 144 Å². The molecular formula is C15H26FIN4. The van der Waals surface area contributed by atoms with E-state index in [0.29, 0.717) is 30.5 Å². The van der Waals surface area contributed by atoms with Gasteiger partial charge < -0.3 is 16.0 Å². The van der Waals surface area contributed by atoms with E-state index in [1.807, 2.05) is 25.1 Å². The quantitative estimate of drug-likeness (QED) is 0.432. The predicted molar refractivity (Wildman–Crippen MR) is 97.4 cm³/mol. The third-order valence-corrected chi connectivity index (χ3v) is 2.73. The molecule has 0 aliphatic heterocycles. The second kappa shape index (κ2) is 9.94. The van der Waals surface area contributed by atoms with Crippen LogP contribution in [0.1, 0.15) is 25.0 Å². The first kappa shape index (κ1) is 20.1. The van der Waals surface area contributed by atoms with Crippen molar-refractivity contribution in [3.63, 3.8) is 0 Å². The zero-order chi connectivity index (χ0) is 15.1. The summed E-state index contributed by atoms with van der Waals surface area (Å²) < 4.78 is 13.9. The van der Waals surface area contributed by atoms with Crippen LogP contribution in [-0.4, -0.2) is 31.5 Å². The van der Waals surface area contributed by atoms with Crippen LogP contribution in [0, 0.1) is 11.7 Å². The molecule has 0 saturated heterocycles. The molecule has 3 N–H and O–H groups in total. The fourth-order valence-corrected chi connectivity index (χ4v) is 1.70. The molecule has 21 heavy (non-hydrogen) atoms.